The number of anilines is 1. The van der Waals surface area contributed by atoms with E-state index in [4.69, 9.17) is 23.2 Å². The van der Waals surface area contributed by atoms with E-state index in [9.17, 15) is 24.3 Å². The van der Waals surface area contributed by atoms with E-state index in [1.807, 2.05) is 6.07 Å². The number of nitrogens with zero attached hydrogens (tertiary/aromatic N) is 5. The van der Waals surface area contributed by atoms with Gasteiger partial charge >= 0.3 is 5.69 Å². The third-order valence-corrected chi connectivity index (χ3v) is 5.95. The Kier molecular flexibility index (Phi) is 6.01. The molecule has 3 heterocycles. The number of nitriles is 1. The van der Waals surface area contributed by atoms with Gasteiger partial charge in [-0.3, -0.25) is 14.3 Å². The smallest absolute Gasteiger partial charge is 0.338 e. The van der Waals surface area contributed by atoms with Crippen LogP contribution in [0.1, 0.15) is 13.3 Å². The first kappa shape index (κ1) is 23.0. The molecule has 4 rings (SSSR count). The van der Waals surface area contributed by atoms with E-state index in [1.165, 1.54) is 30.6 Å². The molecule has 1 aliphatic rings. The van der Waals surface area contributed by atoms with Gasteiger partial charge in [-0.25, -0.2) is 13.8 Å². The SMILES string of the molecule is C[C@@]1(O)CCN(c2c(-c3ccc(F)c(Cl)c3)c(=O)n(-c3cncc(Cl)c3)c(=O)n2CC#N)C1. The van der Waals surface area contributed by atoms with Crippen molar-refractivity contribution >= 4 is 29.0 Å². The predicted molar refractivity (Wildman–Crippen MR) is 123 cm³/mol. The van der Waals surface area contributed by atoms with Crippen molar-refractivity contribution in [3.05, 3.63) is 73.4 Å². The van der Waals surface area contributed by atoms with E-state index in [0.717, 1.165) is 15.2 Å². The topological polar surface area (TPSA) is 104 Å². The molecule has 0 aliphatic carbocycles. The lowest BCUT2D eigenvalue weighted by molar-refractivity contribution is 0.0838. The molecule has 1 aromatic carbocycles. The van der Waals surface area contributed by atoms with Crippen molar-refractivity contribution in [2.45, 2.75) is 25.5 Å². The minimum atomic E-state index is -1.06. The van der Waals surface area contributed by atoms with Crippen molar-refractivity contribution in [1.29, 1.82) is 5.26 Å². The Morgan fingerprint density at radius 1 is 1.27 bits per heavy atom. The van der Waals surface area contributed by atoms with Gasteiger partial charge in [0.1, 0.15) is 18.2 Å². The van der Waals surface area contributed by atoms with Gasteiger partial charge in [0, 0.05) is 19.3 Å². The molecular weight excluding hydrogens is 472 g/mol. The van der Waals surface area contributed by atoms with Crippen molar-refractivity contribution in [1.82, 2.24) is 14.1 Å². The molecule has 1 saturated heterocycles. The summed E-state index contributed by atoms with van der Waals surface area (Å²) in [4.78, 5) is 32.8. The van der Waals surface area contributed by atoms with Crippen LogP contribution in [0.2, 0.25) is 10.0 Å². The molecule has 33 heavy (non-hydrogen) atoms. The first-order valence-electron chi connectivity index (χ1n) is 9.93. The molecule has 0 bridgehead atoms. The number of rotatable bonds is 4. The highest BCUT2D eigenvalue weighted by Crippen LogP contribution is 2.34. The summed E-state index contributed by atoms with van der Waals surface area (Å²) in [6.07, 6.45) is 3.04. The fraction of sp³-hybridized carbons (Fsp3) is 0.273. The Bertz CT molecular complexity index is 1410. The molecule has 3 aromatic rings. The van der Waals surface area contributed by atoms with E-state index in [1.54, 1.807) is 11.8 Å². The summed E-state index contributed by atoms with van der Waals surface area (Å²) in [6, 6.07) is 7.12. The number of β-amino-alcohol motifs (C(OH)–C–C–N with tert-alkyl or cyclic N) is 1. The summed E-state index contributed by atoms with van der Waals surface area (Å²) in [5, 5.41) is 20.0. The van der Waals surface area contributed by atoms with Crippen LogP contribution in [0, 0.1) is 17.1 Å². The summed E-state index contributed by atoms with van der Waals surface area (Å²) >= 11 is 12.0. The molecule has 0 spiro atoms. The number of aromatic nitrogens is 3. The van der Waals surface area contributed by atoms with Crippen LogP contribution in [0.15, 0.2) is 46.2 Å². The summed E-state index contributed by atoms with van der Waals surface area (Å²) in [5.74, 6) is -0.519. The maximum Gasteiger partial charge on any atom is 0.338 e. The molecule has 2 aromatic heterocycles. The van der Waals surface area contributed by atoms with Crippen LogP contribution in [-0.4, -0.2) is 37.9 Å². The zero-order valence-corrected chi connectivity index (χ0v) is 18.9. The molecule has 1 N–H and O–H groups in total. The highest BCUT2D eigenvalue weighted by atomic mass is 35.5. The molecule has 0 unspecified atom stereocenters. The van der Waals surface area contributed by atoms with Gasteiger partial charge in [-0.05, 0) is 37.1 Å². The molecular formula is C22H18Cl2FN5O3. The summed E-state index contributed by atoms with van der Waals surface area (Å²) < 4.78 is 15.9. The minimum absolute atomic E-state index is 0.0319. The van der Waals surface area contributed by atoms with Gasteiger partial charge in [0.2, 0.25) is 0 Å². The molecule has 1 atom stereocenters. The highest BCUT2D eigenvalue weighted by molar-refractivity contribution is 6.31. The van der Waals surface area contributed by atoms with E-state index < -0.39 is 22.7 Å². The fourth-order valence-corrected chi connectivity index (χ4v) is 4.31. The van der Waals surface area contributed by atoms with Gasteiger partial charge in [-0.2, -0.15) is 5.26 Å². The average Bonchev–Trinajstić information content (AvgIpc) is 3.11. The number of benzene rings is 1. The van der Waals surface area contributed by atoms with Crippen LogP contribution >= 0.6 is 23.2 Å². The predicted octanol–water partition coefficient (Wildman–Crippen LogP) is 2.99. The Balaban J connectivity index is 2.13. The molecule has 11 heteroatoms. The third-order valence-electron chi connectivity index (χ3n) is 5.46. The van der Waals surface area contributed by atoms with Gasteiger partial charge in [-0.15, -0.1) is 0 Å². The molecule has 170 valence electrons. The van der Waals surface area contributed by atoms with Crippen molar-refractivity contribution < 1.29 is 9.50 Å². The standard InChI is InChI=1S/C22H18Cl2FN5O3/c1-22(33)4-6-28(12-22)19-18(13-2-3-17(25)16(24)8-13)20(31)30(21(32)29(19)7-5-26)15-9-14(23)10-27-11-15/h2-3,8-11,33H,4,6-7,12H2,1H3/t22-/m1/s1. The van der Waals surface area contributed by atoms with Crippen molar-refractivity contribution in [2.24, 2.45) is 0 Å². The number of hydrogen-bond donors (Lipinski definition) is 1. The maximum absolute atomic E-state index is 13.9. The van der Waals surface area contributed by atoms with Gasteiger partial charge < -0.3 is 10.0 Å². The van der Waals surface area contributed by atoms with Crippen LogP contribution in [0.4, 0.5) is 10.2 Å². The summed E-state index contributed by atoms with van der Waals surface area (Å²) in [7, 11) is 0. The first-order valence-corrected chi connectivity index (χ1v) is 10.7. The molecule has 1 aliphatic heterocycles. The molecule has 8 nitrogen and oxygen atoms in total. The molecule has 0 saturated carbocycles. The van der Waals surface area contributed by atoms with Gasteiger partial charge in [0.05, 0.1) is 39.2 Å². The fourth-order valence-electron chi connectivity index (χ4n) is 3.96. The van der Waals surface area contributed by atoms with E-state index in [-0.39, 0.29) is 45.8 Å². The Morgan fingerprint density at radius 2 is 2.03 bits per heavy atom. The van der Waals surface area contributed by atoms with Crippen LogP contribution in [0.3, 0.4) is 0 Å². The minimum Gasteiger partial charge on any atom is -0.388 e. The zero-order chi connectivity index (χ0) is 23.9. The van der Waals surface area contributed by atoms with Gasteiger partial charge in [-0.1, -0.05) is 29.3 Å². The van der Waals surface area contributed by atoms with Crippen LogP contribution in [0.25, 0.3) is 16.8 Å². The largest absolute Gasteiger partial charge is 0.388 e. The Morgan fingerprint density at radius 3 is 2.64 bits per heavy atom. The zero-order valence-electron chi connectivity index (χ0n) is 17.4. The summed E-state index contributed by atoms with van der Waals surface area (Å²) in [5.41, 5.74) is -2.16. The normalized spacial score (nSPS) is 17.9. The Labute approximate surface area is 197 Å². The second-order valence-corrected chi connectivity index (χ2v) is 8.87. The van der Waals surface area contributed by atoms with Crippen molar-refractivity contribution in [3.8, 4) is 22.9 Å². The molecule has 0 amide bonds. The molecule has 1 fully saturated rings. The van der Waals surface area contributed by atoms with E-state index >= 15 is 0 Å². The van der Waals surface area contributed by atoms with Crippen molar-refractivity contribution in [3.63, 3.8) is 0 Å². The second-order valence-electron chi connectivity index (χ2n) is 8.02. The number of pyridine rings is 1. The number of aliphatic hydroxyl groups is 1. The number of halogens is 3. The van der Waals surface area contributed by atoms with Gasteiger partial charge in [0.25, 0.3) is 5.56 Å². The lowest BCUT2D eigenvalue weighted by atomic mass is 10.1. The second kappa shape index (κ2) is 8.63. The van der Waals surface area contributed by atoms with Crippen LogP contribution in [0.5, 0.6) is 0 Å². The lowest BCUT2D eigenvalue weighted by Gasteiger charge is -2.27. The number of hydrogen-bond acceptors (Lipinski definition) is 6. The highest BCUT2D eigenvalue weighted by Gasteiger charge is 2.35. The van der Waals surface area contributed by atoms with E-state index in [0.29, 0.717) is 13.0 Å². The van der Waals surface area contributed by atoms with Crippen LogP contribution in [-0.2, 0) is 6.54 Å². The quantitative estimate of drug-likeness (QED) is 0.603. The van der Waals surface area contributed by atoms with Crippen molar-refractivity contribution in [2.75, 3.05) is 18.0 Å². The average molecular weight is 490 g/mol. The first-order chi connectivity index (χ1) is 15.6. The lowest BCUT2D eigenvalue weighted by Crippen LogP contribution is -2.43. The molecule has 0 radical (unpaired) electrons. The summed E-state index contributed by atoms with van der Waals surface area (Å²) in [6.45, 7) is 1.74. The maximum atomic E-state index is 13.9. The van der Waals surface area contributed by atoms with E-state index in [2.05, 4.69) is 4.98 Å². The van der Waals surface area contributed by atoms with Crippen LogP contribution < -0.4 is 16.1 Å². The monoisotopic (exact) mass is 489 g/mol. The van der Waals surface area contributed by atoms with Gasteiger partial charge in [0.15, 0.2) is 0 Å². The Hall–Kier alpha value is -3.19. The third kappa shape index (κ3) is 4.25.